The van der Waals surface area contributed by atoms with Gasteiger partial charge in [0.1, 0.15) is 0 Å². The minimum absolute atomic E-state index is 0.448. The van der Waals surface area contributed by atoms with Crippen molar-refractivity contribution in [1.82, 2.24) is 4.90 Å². The van der Waals surface area contributed by atoms with E-state index >= 15 is 0 Å². The van der Waals surface area contributed by atoms with Crippen molar-refractivity contribution in [2.75, 3.05) is 6.54 Å². The van der Waals surface area contributed by atoms with Crippen LogP contribution in [0, 0.1) is 0 Å². The summed E-state index contributed by atoms with van der Waals surface area (Å²) < 4.78 is 0. The molecule has 1 atom stereocenters. The number of nitrogens with two attached hydrogens (primary N) is 1. The van der Waals surface area contributed by atoms with Crippen LogP contribution < -0.4 is 5.73 Å². The predicted octanol–water partition coefficient (Wildman–Crippen LogP) is 2.15. The highest BCUT2D eigenvalue weighted by molar-refractivity contribution is 4.89. The van der Waals surface area contributed by atoms with Crippen LogP contribution in [-0.4, -0.2) is 29.6 Å². The zero-order chi connectivity index (χ0) is 10.6. The highest BCUT2D eigenvalue weighted by Crippen LogP contribution is 2.23. The topological polar surface area (TPSA) is 29.3 Å². The van der Waals surface area contributed by atoms with Crippen LogP contribution in [0.5, 0.6) is 0 Å². The summed E-state index contributed by atoms with van der Waals surface area (Å²) in [5.74, 6) is 0. The molecule has 1 rings (SSSR count). The Labute approximate surface area is 88.2 Å². The van der Waals surface area contributed by atoms with Crippen LogP contribution in [-0.2, 0) is 0 Å². The molecule has 1 saturated carbocycles. The SMILES string of the molecule is C=CC(C)N(CC)C1CCC(N)CC1. The van der Waals surface area contributed by atoms with E-state index in [1.54, 1.807) is 0 Å². The van der Waals surface area contributed by atoms with Gasteiger partial charge in [0, 0.05) is 18.1 Å². The molecule has 0 heterocycles. The average Bonchev–Trinajstić information content (AvgIpc) is 2.21. The summed E-state index contributed by atoms with van der Waals surface area (Å²) in [6, 6.07) is 1.68. The largest absolute Gasteiger partial charge is 0.328 e. The van der Waals surface area contributed by atoms with E-state index < -0.39 is 0 Å². The molecule has 2 N–H and O–H groups in total. The zero-order valence-electron chi connectivity index (χ0n) is 9.58. The van der Waals surface area contributed by atoms with Crippen molar-refractivity contribution in [2.45, 2.75) is 57.7 Å². The maximum atomic E-state index is 5.91. The lowest BCUT2D eigenvalue weighted by Gasteiger charge is -2.38. The summed E-state index contributed by atoms with van der Waals surface area (Å²) in [5.41, 5.74) is 5.91. The Bertz CT molecular complexity index is 171. The van der Waals surface area contributed by atoms with Gasteiger partial charge in [0.15, 0.2) is 0 Å². The molecule has 1 aliphatic rings. The Kier molecular flexibility index (Phi) is 4.63. The van der Waals surface area contributed by atoms with Gasteiger partial charge < -0.3 is 5.73 Å². The van der Waals surface area contributed by atoms with Crippen LogP contribution in [0.3, 0.4) is 0 Å². The van der Waals surface area contributed by atoms with Crippen LogP contribution >= 0.6 is 0 Å². The lowest BCUT2D eigenvalue weighted by atomic mass is 9.90. The summed E-state index contributed by atoms with van der Waals surface area (Å²) >= 11 is 0. The molecule has 2 heteroatoms. The van der Waals surface area contributed by atoms with Gasteiger partial charge in [0.2, 0.25) is 0 Å². The fourth-order valence-corrected chi connectivity index (χ4v) is 2.45. The lowest BCUT2D eigenvalue weighted by molar-refractivity contribution is 0.135. The van der Waals surface area contributed by atoms with Crippen LogP contribution in [0.2, 0.25) is 0 Å². The fraction of sp³-hybridized carbons (Fsp3) is 0.833. The van der Waals surface area contributed by atoms with Gasteiger partial charge in [-0.1, -0.05) is 13.0 Å². The maximum absolute atomic E-state index is 5.91. The second kappa shape index (κ2) is 5.52. The van der Waals surface area contributed by atoms with Crippen LogP contribution in [0.4, 0.5) is 0 Å². The standard InChI is InChI=1S/C12H24N2/c1-4-10(3)14(5-2)12-8-6-11(13)7-9-12/h4,10-12H,1,5-9,13H2,2-3H3. The molecule has 0 amide bonds. The number of hydrogen-bond donors (Lipinski definition) is 1. The van der Waals surface area contributed by atoms with Crippen molar-refractivity contribution in [3.05, 3.63) is 12.7 Å². The lowest BCUT2D eigenvalue weighted by Crippen LogP contribution is -2.44. The Morgan fingerprint density at radius 3 is 2.43 bits per heavy atom. The third kappa shape index (κ3) is 2.82. The monoisotopic (exact) mass is 196 g/mol. The second-order valence-electron chi connectivity index (χ2n) is 4.38. The van der Waals surface area contributed by atoms with E-state index in [1.165, 1.54) is 25.7 Å². The summed E-state index contributed by atoms with van der Waals surface area (Å²) in [7, 11) is 0. The quantitative estimate of drug-likeness (QED) is 0.698. The van der Waals surface area contributed by atoms with Crippen molar-refractivity contribution >= 4 is 0 Å². The first-order valence-corrected chi connectivity index (χ1v) is 5.82. The molecule has 14 heavy (non-hydrogen) atoms. The molecule has 0 spiro atoms. The van der Waals surface area contributed by atoms with Crippen molar-refractivity contribution in [3.8, 4) is 0 Å². The van der Waals surface area contributed by atoms with Crippen LogP contribution in [0.15, 0.2) is 12.7 Å². The van der Waals surface area contributed by atoms with E-state index in [0.717, 1.165) is 12.6 Å². The fourth-order valence-electron chi connectivity index (χ4n) is 2.45. The third-order valence-corrected chi connectivity index (χ3v) is 3.44. The molecule has 0 aromatic carbocycles. The minimum atomic E-state index is 0.448. The Hall–Kier alpha value is -0.340. The van der Waals surface area contributed by atoms with Crippen molar-refractivity contribution in [1.29, 1.82) is 0 Å². The van der Waals surface area contributed by atoms with E-state index in [4.69, 9.17) is 5.73 Å². The summed E-state index contributed by atoms with van der Waals surface area (Å²) in [5, 5.41) is 0. The van der Waals surface area contributed by atoms with Gasteiger partial charge in [-0.05, 0) is 39.2 Å². The Morgan fingerprint density at radius 2 is 2.00 bits per heavy atom. The van der Waals surface area contributed by atoms with E-state index in [1.807, 2.05) is 6.08 Å². The van der Waals surface area contributed by atoms with Gasteiger partial charge in [0.25, 0.3) is 0 Å². The van der Waals surface area contributed by atoms with Crippen molar-refractivity contribution in [3.63, 3.8) is 0 Å². The summed E-state index contributed by atoms with van der Waals surface area (Å²) in [4.78, 5) is 2.54. The van der Waals surface area contributed by atoms with E-state index in [2.05, 4.69) is 25.3 Å². The molecule has 0 aliphatic heterocycles. The predicted molar refractivity (Wildman–Crippen MR) is 62.3 cm³/mol. The molecule has 1 unspecified atom stereocenters. The average molecular weight is 196 g/mol. The molecule has 1 fully saturated rings. The Balaban J connectivity index is 2.48. The highest BCUT2D eigenvalue weighted by atomic mass is 15.2. The molecule has 0 radical (unpaired) electrons. The van der Waals surface area contributed by atoms with Gasteiger partial charge in [-0.2, -0.15) is 0 Å². The smallest absolute Gasteiger partial charge is 0.0250 e. The number of nitrogens with zero attached hydrogens (tertiary/aromatic N) is 1. The van der Waals surface area contributed by atoms with Gasteiger partial charge in [-0.25, -0.2) is 0 Å². The minimum Gasteiger partial charge on any atom is -0.328 e. The van der Waals surface area contributed by atoms with Gasteiger partial charge in [-0.15, -0.1) is 6.58 Å². The molecule has 2 nitrogen and oxygen atoms in total. The molecule has 1 aliphatic carbocycles. The van der Waals surface area contributed by atoms with E-state index in [9.17, 15) is 0 Å². The third-order valence-electron chi connectivity index (χ3n) is 3.44. The molecular weight excluding hydrogens is 172 g/mol. The van der Waals surface area contributed by atoms with E-state index in [-0.39, 0.29) is 0 Å². The highest BCUT2D eigenvalue weighted by Gasteiger charge is 2.24. The van der Waals surface area contributed by atoms with Gasteiger partial charge in [0.05, 0.1) is 0 Å². The molecule has 0 saturated heterocycles. The van der Waals surface area contributed by atoms with Crippen molar-refractivity contribution in [2.24, 2.45) is 5.73 Å². The van der Waals surface area contributed by atoms with E-state index in [0.29, 0.717) is 12.1 Å². The van der Waals surface area contributed by atoms with Gasteiger partial charge in [-0.3, -0.25) is 4.90 Å². The summed E-state index contributed by atoms with van der Waals surface area (Å²) in [6.45, 7) is 9.45. The first-order chi connectivity index (χ1) is 6.69. The molecular formula is C12H24N2. The summed E-state index contributed by atoms with van der Waals surface area (Å²) in [6.07, 6.45) is 6.93. The normalized spacial score (nSPS) is 30.3. The zero-order valence-corrected chi connectivity index (χ0v) is 9.58. The van der Waals surface area contributed by atoms with Crippen molar-refractivity contribution < 1.29 is 0 Å². The van der Waals surface area contributed by atoms with Crippen LogP contribution in [0.1, 0.15) is 39.5 Å². The number of likely N-dealkylation sites (N-methyl/N-ethyl adjacent to an activating group) is 1. The first-order valence-electron chi connectivity index (χ1n) is 5.82. The Morgan fingerprint density at radius 1 is 1.43 bits per heavy atom. The first kappa shape index (κ1) is 11.7. The number of rotatable bonds is 4. The number of hydrogen-bond acceptors (Lipinski definition) is 2. The second-order valence-corrected chi connectivity index (χ2v) is 4.38. The molecule has 82 valence electrons. The molecule has 0 bridgehead atoms. The van der Waals surface area contributed by atoms with Crippen LogP contribution in [0.25, 0.3) is 0 Å². The maximum Gasteiger partial charge on any atom is 0.0250 e. The molecule has 0 aromatic heterocycles. The molecule has 0 aromatic rings. The van der Waals surface area contributed by atoms with Gasteiger partial charge >= 0.3 is 0 Å².